The molecule has 23 heavy (non-hydrogen) atoms. The minimum absolute atomic E-state index is 0. The van der Waals surface area contributed by atoms with Crippen molar-refractivity contribution < 1.29 is 9.90 Å². The number of rotatable bonds is 4. The van der Waals surface area contributed by atoms with E-state index in [0.29, 0.717) is 6.42 Å². The first-order valence-electron chi connectivity index (χ1n) is 8.35. The van der Waals surface area contributed by atoms with E-state index in [1.54, 1.807) is 0 Å². The number of likely N-dealkylation sites (tertiary alicyclic amines) is 1. The Morgan fingerprint density at radius 2 is 2.17 bits per heavy atom. The fraction of sp³-hybridized carbons (Fsp3) is 0.611. The third-order valence-electron chi connectivity index (χ3n) is 5.20. The predicted octanol–water partition coefficient (Wildman–Crippen LogP) is 2.52. The average molecular weight is 339 g/mol. The highest BCUT2D eigenvalue weighted by Gasteiger charge is 2.42. The van der Waals surface area contributed by atoms with Gasteiger partial charge in [0.25, 0.3) is 0 Å². The number of carbonyl (C=O) groups is 1. The van der Waals surface area contributed by atoms with E-state index in [0.717, 1.165) is 44.5 Å². The SMILES string of the molecule is CC1(C(=O)N2CCCC2CC(O)c2ccccc2)CCNC1.Cl. The van der Waals surface area contributed by atoms with Crippen LogP contribution >= 0.6 is 12.4 Å². The van der Waals surface area contributed by atoms with Crippen LogP contribution in [0.3, 0.4) is 0 Å². The number of carbonyl (C=O) groups excluding carboxylic acids is 1. The third-order valence-corrected chi connectivity index (χ3v) is 5.20. The molecule has 5 heteroatoms. The van der Waals surface area contributed by atoms with E-state index in [-0.39, 0.29) is 29.8 Å². The van der Waals surface area contributed by atoms with Gasteiger partial charge in [0.05, 0.1) is 11.5 Å². The molecule has 0 aliphatic carbocycles. The summed E-state index contributed by atoms with van der Waals surface area (Å²) in [6.07, 6.45) is 3.10. The second-order valence-corrected chi connectivity index (χ2v) is 6.94. The summed E-state index contributed by atoms with van der Waals surface area (Å²) in [4.78, 5) is 14.9. The summed E-state index contributed by atoms with van der Waals surface area (Å²) in [7, 11) is 0. The topological polar surface area (TPSA) is 52.6 Å². The van der Waals surface area contributed by atoms with E-state index < -0.39 is 6.10 Å². The van der Waals surface area contributed by atoms with Crippen molar-refractivity contribution in [2.24, 2.45) is 5.41 Å². The molecule has 1 amide bonds. The number of amides is 1. The van der Waals surface area contributed by atoms with Gasteiger partial charge in [0, 0.05) is 19.1 Å². The maximum Gasteiger partial charge on any atom is 0.230 e. The van der Waals surface area contributed by atoms with E-state index in [2.05, 4.69) is 12.2 Å². The molecule has 0 aromatic heterocycles. The number of hydrogen-bond donors (Lipinski definition) is 2. The molecule has 3 atom stereocenters. The number of nitrogens with zero attached hydrogens (tertiary/aromatic N) is 1. The number of aliphatic hydroxyl groups is 1. The van der Waals surface area contributed by atoms with Crippen molar-refractivity contribution in [3.05, 3.63) is 35.9 Å². The van der Waals surface area contributed by atoms with Gasteiger partial charge in [0.2, 0.25) is 5.91 Å². The molecule has 2 heterocycles. The lowest BCUT2D eigenvalue weighted by Gasteiger charge is -2.33. The first-order chi connectivity index (χ1) is 10.6. The zero-order valence-electron chi connectivity index (χ0n) is 13.7. The summed E-state index contributed by atoms with van der Waals surface area (Å²) < 4.78 is 0. The fourth-order valence-corrected chi connectivity index (χ4v) is 3.76. The summed E-state index contributed by atoms with van der Waals surface area (Å²) >= 11 is 0. The van der Waals surface area contributed by atoms with Gasteiger partial charge in [-0.15, -0.1) is 12.4 Å². The van der Waals surface area contributed by atoms with Gasteiger partial charge < -0.3 is 15.3 Å². The quantitative estimate of drug-likeness (QED) is 0.887. The first kappa shape index (κ1) is 18.2. The summed E-state index contributed by atoms with van der Waals surface area (Å²) in [5.74, 6) is 0.264. The molecule has 0 saturated carbocycles. The van der Waals surface area contributed by atoms with E-state index in [1.807, 2.05) is 35.2 Å². The molecule has 4 nitrogen and oxygen atoms in total. The van der Waals surface area contributed by atoms with Crippen molar-refractivity contribution >= 4 is 18.3 Å². The minimum Gasteiger partial charge on any atom is -0.388 e. The summed E-state index contributed by atoms with van der Waals surface area (Å²) in [5.41, 5.74) is 0.677. The van der Waals surface area contributed by atoms with Crippen molar-refractivity contribution in [3.8, 4) is 0 Å². The number of benzene rings is 1. The molecule has 2 fully saturated rings. The van der Waals surface area contributed by atoms with Crippen molar-refractivity contribution in [1.82, 2.24) is 10.2 Å². The van der Waals surface area contributed by atoms with Gasteiger partial charge >= 0.3 is 0 Å². The Hall–Kier alpha value is -1.10. The van der Waals surface area contributed by atoms with Crippen LogP contribution in [-0.4, -0.2) is 41.6 Å². The van der Waals surface area contributed by atoms with Crippen LogP contribution in [0.4, 0.5) is 0 Å². The lowest BCUT2D eigenvalue weighted by Crippen LogP contribution is -2.46. The Morgan fingerprint density at radius 3 is 2.83 bits per heavy atom. The third kappa shape index (κ3) is 3.87. The van der Waals surface area contributed by atoms with E-state index in [1.165, 1.54) is 0 Å². The van der Waals surface area contributed by atoms with Gasteiger partial charge in [0.15, 0.2) is 0 Å². The zero-order chi connectivity index (χ0) is 15.6. The monoisotopic (exact) mass is 338 g/mol. The molecule has 1 aromatic carbocycles. The van der Waals surface area contributed by atoms with Crippen molar-refractivity contribution in [2.45, 2.75) is 44.8 Å². The van der Waals surface area contributed by atoms with Gasteiger partial charge in [-0.05, 0) is 44.7 Å². The van der Waals surface area contributed by atoms with Crippen LogP contribution in [-0.2, 0) is 4.79 Å². The van der Waals surface area contributed by atoms with E-state index in [4.69, 9.17) is 0 Å². The number of nitrogens with one attached hydrogen (secondary N) is 1. The van der Waals surface area contributed by atoms with Crippen LogP contribution in [0, 0.1) is 5.41 Å². The van der Waals surface area contributed by atoms with Crippen LogP contribution in [0.1, 0.15) is 44.3 Å². The molecule has 2 aliphatic rings. The Labute approximate surface area is 144 Å². The molecular weight excluding hydrogens is 312 g/mol. The maximum atomic E-state index is 12.9. The largest absolute Gasteiger partial charge is 0.388 e. The summed E-state index contributed by atoms with van der Waals surface area (Å²) in [6.45, 7) is 4.60. The van der Waals surface area contributed by atoms with Crippen molar-refractivity contribution in [2.75, 3.05) is 19.6 Å². The fourth-order valence-electron chi connectivity index (χ4n) is 3.76. The molecule has 0 spiro atoms. The Bertz CT molecular complexity index is 517. The lowest BCUT2D eigenvalue weighted by molar-refractivity contribution is -0.141. The van der Waals surface area contributed by atoms with Crippen LogP contribution in [0.15, 0.2) is 30.3 Å². The van der Waals surface area contributed by atoms with E-state index >= 15 is 0 Å². The number of aliphatic hydroxyl groups excluding tert-OH is 1. The first-order valence-corrected chi connectivity index (χ1v) is 8.35. The van der Waals surface area contributed by atoms with Gasteiger partial charge in [-0.3, -0.25) is 4.79 Å². The van der Waals surface area contributed by atoms with Crippen LogP contribution < -0.4 is 5.32 Å². The van der Waals surface area contributed by atoms with Crippen LogP contribution in [0.25, 0.3) is 0 Å². The molecule has 1 aromatic rings. The second kappa shape index (κ2) is 7.65. The predicted molar refractivity (Wildman–Crippen MR) is 93.6 cm³/mol. The highest BCUT2D eigenvalue weighted by atomic mass is 35.5. The van der Waals surface area contributed by atoms with Crippen LogP contribution in [0.2, 0.25) is 0 Å². The highest BCUT2D eigenvalue weighted by Crippen LogP contribution is 2.34. The minimum atomic E-state index is -0.492. The zero-order valence-corrected chi connectivity index (χ0v) is 14.5. The highest BCUT2D eigenvalue weighted by molar-refractivity contribution is 5.85. The second-order valence-electron chi connectivity index (χ2n) is 6.94. The standard InChI is InChI=1S/C18H26N2O2.ClH/c1-18(9-10-19-13-18)17(22)20-11-5-8-15(20)12-16(21)14-6-3-2-4-7-14;/h2-4,6-7,15-16,19,21H,5,8-13H2,1H3;1H. The average Bonchev–Trinajstić information content (AvgIpc) is 3.17. The Morgan fingerprint density at radius 1 is 1.43 bits per heavy atom. The lowest BCUT2D eigenvalue weighted by atomic mass is 9.87. The van der Waals surface area contributed by atoms with Gasteiger partial charge in [-0.1, -0.05) is 30.3 Å². The van der Waals surface area contributed by atoms with Gasteiger partial charge in [-0.2, -0.15) is 0 Å². The number of hydrogen-bond acceptors (Lipinski definition) is 3. The number of halogens is 1. The normalized spacial score (nSPS) is 28.4. The Balaban J connectivity index is 0.00000192. The van der Waals surface area contributed by atoms with E-state index in [9.17, 15) is 9.90 Å². The van der Waals surface area contributed by atoms with Crippen molar-refractivity contribution in [1.29, 1.82) is 0 Å². The molecule has 2 aliphatic heterocycles. The van der Waals surface area contributed by atoms with Crippen molar-refractivity contribution in [3.63, 3.8) is 0 Å². The van der Waals surface area contributed by atoms with Gasteiger partial charge in [-0.25, -0.2) is 0 Å². The molecule has 2 saturated heterocycles. The molecular formula is C18H27ClN2O2. The molecule has 128 valence electrons. The van der Waals surface area contributed by atoms with Crippen LogP contribution in [0.5, 0.6) is 0 Å². The molecule has 3 unspecified atom stereocenters. The molecule has 2 N–H and O–H groups in total. The molecule has 0 radical (unpaired) electrons. The smallest absolute Gasteiger partial charge is 0.230 e. The molecule has 0 bridgehead atoms. The molecule has 3 rings (SSSR count). The van der Waals surface area contributed by atoms with Gasteiger partial charge in [0.1, 0.15) is 0 Å². The summed E-state index contributed by atoms with van der Waals surface area (Å²) in [5, 5.41) is 13.8. The maximum absolute atomic E-state index is 12.9. The Kier molecular flexibility index (Phi) is 6.06. The summed E-state index contributed by atoms with van der Waals surface area (Å²) in [6, 6.07) is 9.92.